The molecule has 0 bridgehead atoms. The van der Waals surface area contributed by atoms with Crippen molar-refractivity contribution in [1.29, 1.82) is 0 Å². The number of amides is 1. The quantitative estimate of drug-likeness (QED) is 0.790. The topological polar surface area (TPSA) is 92.4 Å². The number of benzene rings is 1. The van der Waals surface area contributed by atoms with Gasteiger partial charge in [0, 0.05) is 10.2 Å². The largest absolute Gasteiger partial charge is 0.478 e. The summed E-state index contributed by atoms with van der Waals surface area (Å²) in [4.78, 5) is 22.5. The molecule has 1 aromatic rings. The number of carbonyl (C=O) groups excluding carboxylic acids is 1. The molecule has 1 saturated carbocycles. The fourth-order valence-electron chi connectivity index (χ4n) is 1.40. The molecule has 0 atom stereocenters. The van der Waals surface area contributed by atoms with Crippen LogP contribution in [0.25, 0.3) is 0 Å². The van der Waals surface area contributed by atoms with Crippen molar-refractivity contribution in [2.45, 2.75) is 18.4 Å². The lowest BCUT2D eigenvalue weighted by atomic mass is 10.2. The molecule has 5 nitrogen and oxygen atoms in total. The van der Waals surface area contributed by atoms with Crippen molar-refractivity contribution in [3.05, 3.63) is 28.2 Å². The van der Waals surface area contributed by atoms with Gasteiger partial charge in [-0.15, -0.1) is 0 Å². The zero-order valence-corrected chi connectivity index (χ0v) is 10.5. The molecule has 1 aromatic carbocycles. The van der Waals surface area contributed by atoms with Gasteiger partial charge >= 0.3 is 5.97 Å². The van der Waals surface area contributed by atoms with Crippen molar-refractivity contribution < 1.29 is 14.7 Å². The van der Waals surface area contributed by atoms with Crippen LogP contribution in [-0.2, 0) is 4.79 Å². The summed E-state index contributed by atoms with van der Waals surface area (Å²) < 4.78 is 0.592. The highest BCUT2D eigenvalue weighted by Gasteiger charge is 2.45. The number of aromatic carboxylic acids is 1. The molecule has 1 fully saturated rings. The summed E-state index contributed by atoms with van der Waals surface area (Å²) in [6.07, 6.45) is 1.33. The fraction of sp³-hybridized carbons (Fsp3) is 0.273. The number of nitrogens with two attached hydrogens (primary N) is 1. The van der Waals surface area contributed by atoms with Crippen LogP contribution in [-0.4, -0.2) is 22.5 Å². The van der Waals surface area contributed by atoms with Crippen LogP contribution in [0.4, 0.5) is 5.69 Å². The highest BCUT2D eigenvalue weighted by Crippen LogP contribution is 2.33. The predicted octanol–water partition coefficient (Wildman–Crippen LogP) is 1.58. The van der Waals surface area contributed by atoms with E-state index in [9.17, 15) is 9.59 Å². The Morgan fingerprint density at radius 1 is 1.35 bits per heavy atom. The molecule has 0 saturated heterocycles. The Balaban J connectivity index is 2.21. The zero-order valence-electron chi connectivity index (χ0n) is 8.87. The lowest BCUT2D eigenvalue weighted by Gasteiger charge is -2.11. The van der Waals surface area contributed by atoms with Crippen LogP contribution in [0.2, 0.25) is 0 Å². The fourth-order valence-corrected chi connectivity index (χ4v) is 1.90. The second-order valence-corrected chi connectivity index (χ2v) is 5.06. The minimum absolute atomic E-state index is 0.108. The van der Waals surface area contributed by atoms with Crippen LogP contribution >= 0.6 is 15.9 Å². The number of carboxylic acids is 1. The van der Waals surface area contributed by atoms with Gasteiger partial charge in [-0.1, -0.05) is 15.9 Å². The highest BCUT2D eigenvalue weighted by molar-refractivity contribution is 9.10. The van der Waals surface area contributed by atoms with Gasteiger partial charge in [0.15, 0.2) is 0 Å². The summed E-state index contributed by atoms with van der Waals surface area (Å²) in [5, 5.41) is 11.5. The zero-order chi connectivity index (χ0) is 12.6. The van der Waals surface area contributed by atoms with Gasteiger partial charge in [-0.25, -0.2) is 4.79 Å². The van der Waals surface area contributed by atoms with Gasteiger partial charge in [0.25, 0.3) is 0 Å². The second kappa shape index (κ2) is 4.12. The van der Waals surface area contributed by atoms with Gasteiger partial charge in [-0.2, -0.15) is 0 Å². The molecule has 0 aromatic heterocycles. The van der Waals surface area contributed by atoms with E-state index < -0.39 is 11.5 Å². The Morgan fingerprint density at radius 3 is 2.53 bits per heavy atom. The number of hydrogen-bond donors (Lipinski definition) is 3. The molecule has 90 valence electrons. The number of nitrogens with one attached hydrogen (secondary N) is 1. The standard InChI is InChI=1S/C11H11BrN2O3/c12-7-3-6(9(15)16)4-8(5-7)14-10(17)11(13)1-2-11/h3-5H,1-2,13H2,(H,14,17)(H,15,16). The number of rotatable bonds is 3. The third-order valence-electron chi connectivity index (χ3n) is 2.64. The van der Waals surface area contributed by atoms with E-state index in [0.29, 0.717) is 23.0 Å². The first-order valence-corrected chi connectivity index (χ1v) is 5.84. The average Bonchev–Trinajstić information content (AvgIpc) is 2.97. The summed E-state index contributed by atoms with van der Waals surface area (Å²) in [5.74, 6) is -1.32. The molecule has 0 unspecified atom stereocenters. The second-order valence-electron chi connectivity index (χ2n) is 4.14. The van der Waals surface area contributed by atoms with Gasteiger partial charge < -0.3 is 16.2 Å². The lowest BCUT2D eigenvalue weighted by Crippen LogP contribution is -2.37. The monoisotopic (exact) mass is 298 g/mol. The molecule has 0 aliphatic heterocycles. The molecule has 1 aliphatic carbocycles. The van der Waals surface area contributed by atoms with Gasteiger partial charge in [-0.3, -0.25) is 4.79 Å². The predicted molar refractivity (Wildman–Crippen MR) is 65.9 cm³/mol. The molecular formula is C11H11BrN2O3. The SMILES string of the molecule is NC1(C(=O)Nc2cc(Br)cc(C(=O)O)c2)CC1. The summed E-state index contributed by atoms with van der Waals surface area (Å²) >= 11 is 3.19. The molecule has 0 radical (unpaired) electrons. The van der Waals surface area contributed by atoms with Crippen molar-refractivity contribution in [3.63, 3.8) is 0 Å². The normalized spacial score (nSPS) is 16.4. The summed E-state index contributed by atoms with van der Waals surface area (Å²) in [5.41, 5.74) is 5.50. The van der Waals surface area contributed by atoms with Crippen molar-refractivity contribution in [3.8, 4) is 0 Å². The van der Waals surface area contributed by atoms with E-state index in [4.69, 9.17) is 10.8 Å². The highest BCUT2D eigenvalue weighted by atomic mass is 79.9. The number of hydrogen-bond acceptors (Lipinski definition) is 3. The van der Waals surface area contributed by atoms with Crippen LogP contribution in [0.5, 0.6) is 0 Å². The van der Waals surface area contributed by atoms with E-state index in [1.807, 2.05) is 0 Å². The molecule has 2 rings (SSSR count). The summed E-state index contributed by atoms with van der Waals surface area (Å²) in [6, 6.07) is 4.50. The van der Waals surface area contributed by atoms with E-state index in [1.54, 1.807) is 6.07 Å². The number of carboxylic acid groups (broad SMARTS) is 1. The van der Waals surface area contributed by atoms with E-state index >= 15 is 0 Å². The third kappa shape index (κ3) is 2.65. The smallest absolute Gasteiger partial charge is 0.335 e. The first-order valence-electron chi connectivity index (χ1n) is 5.05. The van der Waals surface area contributed by atoms with E-state index in [2.05, 4.69) is 21.2 Å². The Morgan fingerprint density at radius 2 is 2.00 bits per heavy atom. The maximum Gasteiger partial charge on any atom is 0.335 e. The molecule has 0 heterocycles. The maximum absolute atomic E-state index is 11.7. The molecule has 17 heavy (non-hydrogen) atoms. The average molecular weight is 299 g/mol. The van der Waals surface area contributed by atoms with Crippen LogP contribution in [0.3, 0.4) is 0 Å². The molecule has 4 N–H and O–H groups in total. The first kappa shape index (κ1) is 12.1. The molecule has 6 heteroatoms. The van der Waals surface area contributed by atoms with Gasteiger partial charge in [0.1, 0.15) is 0 Å². The van der Waals surface area contributed by atoms with E-state index in [1.165, 1.54) is 12.1 Å². The van der Waals surface area contributed by atoms with E-state index in [0.717, 1.165) is 0 Å². The Labute approximate surface area is 106 Å². The van der Waals surface area contributed by atoms with Crippen molar-refractivity contribution in [2.75, 3.05) is 5.32 Å². The van der Waals surface area contributed by atoms with Crippen LogP contribution in [0, 0.1) is 0 Å². The van der Waals surface area contributed by atoms with Gasteiger partial charge in [0.05, 0.1) is 11.1 Å². The van der Waals surface area contributed by atoms with E-state index in [-0.39, 0.29) is 11.5 Å². The first-order chi connectivity index (χ1) is 7.90. The van der Waals surface area contributed by atoms with Gasteiger partial charge in [-0.05, 0) is 31.0 Å². The van der Waals surface area contributed by atoms with Crippen molar-refractivity contribution in [2.24, 2.45) is 5.73 Å². The Kier molecular flexibility index (Phi) is 2.92. The Bertz CT molecular complexity index is 497. The van der Waals surface area contributed by atoms with Gasteiger partial charge in [0.2, 0.25) is 5.91 Å². The summed E-state index contributed by atoms with van der Waals surface area (Å²) in [6.45, 7) is 0. The van der Waals surface area contributed by atoms with Crippen LogP contribution < -0.4 is 11.1 Å². The Hall–Kier alpha value is -1.40. The van der Waals surface area contributed by atoms with Crippen LogP contribution in [0.1, 0.15) is 23.2 Å². The molecule has 0 spiro atoms. The van der Waals surface area contributed by atoms with Crippen LogP contribution in [0.15, 0.2) is 22.7 Å². The third-order valence-corrected chi connectivity index (χ3v) is 3.10. The minimum Gasteiger partial charge on any atom is -0.478 e. The summed E-state index contributed by atoms with van der Waals surface area (Å²) in [7, 11) is 0. The molecule has 1 aliphatic rings. The van der Waals surface area contributed by atoms with Crippen molar-refractivity contribution in [1.82, 2.24) is 0 Å². The van der Waals surface area contributed by atoms with Crippen molar-refractivity contribution >= 4 is 33.5 Å². The maximum atomic E-state index is 11.7. The number of halogens is 1. The minimum atomic E-state index is -1.05. The number of carbonyl (C=O) groups is 2. The molecular weight excluding hydrogens is 288 g/mol. The molecule has 1 amide bonds. The number of anilines is 1. The lowest BCUT2D eigenvalue weighted by molar-refractivity contribution is -0.118.